The number of fused-ring (bicyclic) bond motifs is 1. The number of nitrogens with one attached hydrogen (secondary N) is 1. The van der Waals surface area contributed by atoms with E-state index in [4.69, 9.17) is 0 Å². The van der Waals surface area contributed by atoms with Gasteiger partial charge in [-0.05, 0) is 36.2 Å². The quantitative estimate of drug-likeness (QED) is 0.476. The number of rotatable bonds is 5. The fourth-order valence-corrected chi connectivity index (χ4v) is 4.42. The molecule has 0 atom stereocenters. The molecule has 3 heterocycles. The second kappa shape index (κ2) is 7.90. The highest BCUT2D eigenvalue weighted by molar-refractivity contribution is 7.92. The van der Waals surface area contributed by atoms with E-state index in [0.29, 0.717) is 17.6 Å². The number of anilines is 1. The van der Waals surface area contributed by atoms with Crippen molar-refractivity contribution < 1.29 is 21.6 Å². The van der Waals surface area contributed by atoms with Gasteiger partial charge in [-0.25, -0.2) is 8.42 Å². The molecule has 1 N–H and O–H groups in total. The van der Waals surface area contributed by atoms with Crippen LogP contribution in [0.3, 0.4) is 0 Å². The summed E-state index contributed by atoms with van der Waals surface area (Å²) in [4.78, 5) is 7.26. The van der Waals surface area contributed by atoms with Crippen LogP contribution < -0.4 is 4.72 Å². The topological polar surface area (TPSA) is 89.8 Å². The predicted octanol–water partition coefficient (Wildman–Crippen LogP) is 4.41. The molecular weight excluding hydrogens is 443 g/mol. The Morgan fingerprint density at radius 2 is 1.84 bits per heavy atom. The maximum Gasteiger partial charge on any atom is 0.433 e. The Bertz CT molecular complexity index is 1400. The van der Waals surface area contributed by atoms with Gasteiger partial charge in [0.05, 0.1) is 23.1 Å². The third-order valence-electron chi connectivity index (χ3n) is 5.00. The van der Waals surface area contributed by atoms with Gasteiger partial charge in [0, 0.05) is 30.4 Å². The van der Waals surface area contributed by atoms with Crippen LogP contribution in [0, 0.1) is 0 Å². The number of aromatic nitrogens is 4. The highest BCUT2D eigenvalue weighted by Gasteiger charge is 2.32. The minimum absolute atomic E-state index is 0.118. The third kappa shape index (κ3) is 4.03. The molecule has 11 heteroatoms. The van der Waals surface area contributed by atoms with Crippen LogP contribution in [0.15, 0.2) is 59.9 Å². The Morgan fingerprint density at radius 3 is 2.50 bits per heavy atom. The van der Waals surface area contributed by atoms with E-state index >= 15 is 0 Å². The van der Waals surface area contributed by atoms with Crippen molar-refractivity contribution in [3.05, 3.63) is 66.2 Å². The summed E-state index contributed by atoms with van der Waals surface area (Å²) in [6.07, 6.45) is -0.202. The van der Waals surface area contributed by atoms with Gasteiger partial charge in [-0.2, -0.15) is 18.3 Å². The lowest BCUT2D eigenvalue weighted by atomic mass is 10.1. The fourth-order valence-electron chi connectivity index (χ4n) is 3.37. The van der Waals surface area contributed by atoms with Crippen molar-refractivity contribution in [2.75, 3.05) is 4.72 Å². The smallest absolute Gasteiger partial charge is 0.277 e. The molecule has 0 saturated heterocycles. The maximum absolute atomic E-state index is 13.0. The van der Waals surface area contributed by atoms with Gasteiger partial charge >= 0.3 is 6.18 Å². The fraction of sp³-hybridized carbons (Fsp3) is 0.190. The van der Waals surface area contributed by atoms with Crippen LogP contribution >= 0.6 is 0 Å². The molecule has 4 rings (SSSR count). The molecule has 0 bridgehead atoms. The molecule has 166 valence electrons. The molecule has 1 aromatic carbocycles. The molecule has 0 unspecified atom stereocenters. The Balaban J connectivity index is 1.68. The largest absolute Gasteiger partial charge is 0.433 e. The number of hydrogen-bond acceptors (Lipinski definition) is 5. The van der Waals surface area contributed by atoms with Crippen molar-refractivity contribution in [3.8, 4) is 11.3 Å². The molecule has 4 aromatic rings. The molecule has 0 saturated carbocycles. The van der Waals surface area contributed by atoms with Crippen LogP contribution in [0.1, 0.15) is 18.2 Å². The van der Waals surface area contributed by atoms with E-state index in [-0.39, 0.29) is 16.2 Å². The summed E-state index contributed by atoms with van der Waals surface area (Å²) in [6.45, 7) is 1.91. The summed E-state index contributed by atoms with van der Waals surface area (Å²) >= 11 is 0. The molecule has 0 aliphatic heterocycles. The van der Waals surface area contributed by atoms with Crippen LogP contribution in [-0.2, 0) is 29.7 Å². The van der Waals surface area contributed by atoms with Crippen molar-refractivity contribution in [1.29, 1.82) is 0 Å². The SMILES string of the molecule is CCc1ccc2cnn(C)c2c1NS(=O)(=O)c1ccc(-c2ccnc(C(F)(F)F)c2)nc1. The first-order chi connectivity index (χ1) is 15.1. The first kappa shape index (κ1) is 21.8. The summed E-state index contributed by atoms with van der Waals surface area (Å²) in [5.74, 6) is 0. The maximum atomic E-state index is 13.0. The van der Waals surface area contributed by atoms with Gasteiger partial charge < -0.3 is 0 Å². The monoisotopic (exact) mass is 461 g/mol. The van der Waals surface area contributed by atoms with Crippen molar-refractivity contribution in [1.82, 2.24) is 19.7 Å². The van der Waals surface area contributed by atoms with E-state index < -0.39 is 21.9 Å². The van der Waals surface area contributed by atoms with E-state index in [2.05, 4.69) is 19.8 Å². The molecule has 3 aromatic heterocycles. The van der Waals surface area contributed by atoms with Gasteiger partial charge in [0.25, 0.3) is 10.0 Å². The van der Waals surface area contributed by atoms with Gasteiger partial charge in [0.15, 0.2) is 0 Å². The molecule has 0 amide bonds. The number of hydrogen-bond donors (Lipinski definition) is 1. The zero-order valence-electron chi connectivity index (χ0n) is 17.1. The molecule has 7 nitrogen and oxygen atoms in total. The summed E-state index contributed by atoms with van der Waals surface area (Å²) in [7, 11) is -2.29. The van der Waals surface area contributed by atoms with E-state index in [1.807, 2.05) is 19.1 Å². The number of alkyl halides is 3. The zero-order chi connectivity index (χ0) is 23.1. The van der Waals surface area contributed by atoms with E-state index in [1.165, 1.54) is 18.2 Å². The molecule has 0 aliphatic rings. The van der Waals surface area contributed by atoms with Crippen molar-refractivity contribution in [3.63, 3.8) is 0 Å². The van der Waals surface area contributed by atoms with Gasteiger partial charge in [-0.15, -0.1) is 0 Å². The average molecular weight is 461 g/mol. The Morgan fingerprint density at radius 1 is 1.06 bits per heavy atom. The van der Waals surface area contributed by atoms with Crippen LogP contribution in [-0.4, -0.2) is 28.2 Å². The summed E-state index contributed by atoms with van der Waals surface area (Å²) in [5.41, 5.74) is 1.20. The molecular formula is C21H18F3N5O2S. The zero-order valence-corrected chi connectivity index (χ0v) is 17.9. The van der Waals surface area contributed by atoms with Gasteiger partial charge in [-0.3, -0.25) is 19.4 Å². The molecule has 32 heavy (non-hydrogen) atoms. The first-order valence-electron chi connectivity index (χ1n) is 9.56. The first-order valence-corrected chi connectivity index (χ1v) is 11.0. The molecule has 0 spiro atoms. The Labute approximate surface area is 182 Å². The lowest BCUT2D eigenvalue weighted by molar-refractivity contribution is -0.141. The normalized spacial score (nSPS) is 12.3. The molecule has 0 fully saturated rings. The van der Waals surface area contributed by atoms with E-state index in [9.17, 15) is 21.6 Å². The number of halogens is 3. The Hall–Kier alpha value is -3.47. The van der Waals surface area contributed by atoms with Gasteiger partial charge in [0.2, 0.25) is 0 Å². The van der Waals surface area contributed by atoms with Gasteiger partial charge in [-0.1, -0.05) is 19.1 Å². The number of pyridine rings is 2. The highest BCUT2D eigenvalue weighted by Crippen LogP contribution is 2.31. The highest BCUT2D eigenvalue weighted by atomic mass is 32.2. The van der Waals surface area contributed by atoms with E-state index in [1.54, 1.807) is 17.9 Å². The minimum Gasteiger partial charge on any atom is -0.277 e. The Kier molecular flexibility index (Phi) is 5.37. The molecule has 0 aliphatic carbocycles. The number of benzene rings is 1. The second-order valence-corrected chi connectivity index (χ2v) is 8.75. The lowest BCUT2D eigenvalue weighted by Crippen LogP contribution is -2.15. The van der Waals surface area contributed by atoms with Crippen molar-refractivity contribution in [2.45, 2.75) is 24.4 Å². The van der Waals surface area contributed by atoms with Crippen LogP contribution in [0.25, 0.3) is 22.2 Å². The molecule has 0 radical (unpaired) electrons. The van der Waals surface area contributed by atoms with Crippen LogP contribution in [0.5, 0.6) is 0 Å². The predicted molar refractivity (Wildman–Crippen MR) is 113 cm³/mol. The average Bonchev–Trinajstić information content (AvgIpc) is 3.14. The minimum atomic E-state index is -4.59. The number of aryl methyl sites for hydroxylation is 2. The lowest BCUT2D eigenvalue weighted by Gasteiger charge is -2.14. The van der Waals surface area contributed by atoms with Gasteiger partial charge in [0.1, 0.15) is 10.6 Å². The number of nitrogens with zero attached hydrogens (tertiary/aromatic N) is 4. The second-order valence-electron chi connectivity index (χ2n) is 7.07. The summed E-state index contributed by atoms with van der Waals surface area (Å²) < 4.78 is 69.0. The van der Waals surface area contributed by atoms with E-state index in [0.717, 1.165) is 29.4 Å². The standard InChI is InChI=1S/C21H18F3N5O2S/c1-3-13-4-5-15-11-27-29(2)20(15)19(13)28-32(30,31)16-6-7-17(26-12-16)14-8-9-25-18(10-14)21(22,23)24/h4-12,28H,3H2,1-2H3. The summed E-state index contributed by atoms with van der Waals surface area (Å²) in [6, 6.07) is 8.61. The van der Waals surface area contributed by atoms with Crippen LogP contribution in [0.2, 0.25) is 0 Å². The van der Waals surface area contributed by atoms with Crippen molar-refractivity contribution >= 4 is 26.6 Å². The van der Waals surface area contributed by atoms with Crippen LogP contribution in [0.4, 0.5) is 18.9 Å². The van der Waals surface area contributed by atoms with Crippen molar-refractivity contribution in [2.24, 2.45) is 7.05 Å². The third-order valence-corrected chi connectivity index (χ3v) is 6.33. The summed E-state index contributed by atoms with van der Waals surface area (Å²) in [5, 5.41) is 4.97. The number of sulfonamides is 1.